The van der Waals surface area contributed by atoms with Gasteiger partial charge >= 0.3 is 0 Å². The maximum absolute atomic E-state index is 12.8. The second-order valence-electron chi connectivity index (χ2n) is 6.03. The fraction of sp³-hybridized carbons (Fsp3) is 0.333. The van der Waals surface area contributed by atoms with E-state index in [1.165, 1.54) is 9.03 Å². The molecule has 4 aromatic heterocycles. The molecule has 0 aliphatic heterocycles. The Labute approximate surface area is 140 Å². The van der Waals surface area contributed by atoms with Crippen LogP contribution in [0.2, 0.25) is 0 Å². The summed E-state index contributed by atoms with van der Waals surface area (Å²) in [5, 5.41) is 5.72. The molecule has 0 saturated carbocycles. The van der Waals surface area contributed by atoms with Gasteiger partial charge in [-0.3, -0.25) is 19.8 Å². The van der Waals surface area contributed by atoms with Crippen molar-refractivity contribution in [2.75, 3.05) is 0 Å². The minimum absolute atomic E-state index is 0.136. The van der Waals surface area contributed by atoms with Crippen molar-refractivity contribution in [3.63, 3.8) is 0 Å². The molecule has 4 heterocycles. The third kappa shape index (κ3) is 2.25. The van der Waals surface area contributed by atoms with E-state index in [2.05, 4.69) is 30.1 Å². The van der Waals surface area contributed by atoms with Gasteiger partial charge in [-0.25, -0.2) is 9.97 Å². The van der Waals surface area contributed by atoms with Crippen molar-refractivity contribution in [3.05, 3.63) is 54.9 Å². The van der Waals surface area contributed by atoms with Crippen LogP contribution in [0.5, 0.6) is 0 Å². The minimum Gasteiger partial charge on any atom is -0.275 e. The summed E-state index contributed by atoms with van der Waals surface area (Å²) in [6.45, 7) is 6.97. The Morgan fingerprint density at radius 1 is 0.720 bits per heavy atom. The van der Waals surface area contributed by atoms with Crippen LogP contribution in [-0.4, -0.2) is 39.2 Å². The maximum atomic E-state index is 12.8. The van der Waals surface area contributed by atoms with Crippen molar-refractivity contribution < 1.29 is 0 Å². The number of rotatable bonds is 2. The van der Waals surface area contributed by atoms with Gasteiger partial charge in [0.25, 0.3) is 22.7 Å². The molecule has 0 amide bonds. The van der Waals surface area contributed by atoms with Gasteiger partial charge in [0, 0.05) is 17.5 Å². The summed E-state index contributed by atoms with van der Waals surface area (Å²) in [4.78, 5) is 42.6. The number of nitrogens with one attached hydrogen (secondary N) is 2. The molecule has 4 rings (SSSR count). The molecule has 10 nitrogen and oxygen atoms in total. The number of hydrogen-bond donors (Lipinski definition) is 2. The second kappa shape index (κ2) is 5.10. The summed E-state index contributed by atoms with van der Waals surface area (Å²) in [6.07, 6.45) is 0.136. The molecule has 0 saturated heterocycles. The lowest BCUT2D eigenvalue weighted by Crippen LogP contribution is -2.27. The van der Waals surface area contributed by atoms with Gasteiger partial charge < -0.3 is 0 Å². The van der Waals surface area contributed by atoms with Crippen molar-refractivity contribution in [3.8, 4) is 0 Å². The number of aromatic nitrogens is 8. The Bertz CT molecular complexity index is 1160. The first kappa shape index (κ1) is 15.2. The smallest absolute Gasteiger partial charge is 0.275 e. The number of aromatic amines is 2. The zero-order valence-corrected chi connectivity index (χ0v) is 14.2. The Kier molecular flexibility index (Phi) is 3.11. The van der Waals surface area contributed by atoms with E-state index in [1.807, 2.05) is 0 Å². The maximum Gasteiger partial charge on any atom is 0.277 e. The average molecular weight is 340 g/mol. The van der Waals surface area contributed by atoms with Crippen LogP contribution in [0.4, 0.5) is 0 Å². The van der Waals surface area contributed by atoms with E-state index in [9.17, 15) is 9.59 Å². The Balaban J connectivity index is 1.94. The third-order valence-electron chi connectivity index (χ3n) is 4.17. The molecule has 25 heavy (non-hydrogen) atoms. The summed E-state index contributed by atoms with van der Waals surface area (Å²) < 4.78 is 2.58. The zero-order valence-electron chi connectivity index (χ0n) is 14.2. The molecule has 0 radical (unpaired) electrons. The zero-order chi connectivity index (χ0) is 17.9. The first-order chi connectivity index (χ1) is 11.8. The van der Waals surface area contributed by atoms with Crippen LogP contribution in [0.3, 0.4) is 0 Å². The molecule has 0 aliphatic rings. The molecule has 0 atom stereocenters. The second-order valence-corrected chi connectivity index (χ2v) is 6.03. The Morgan fingerprint density at radius 2 is 1.12 bits per heavy atom. The van der Waals surface area contributed by atoms with Gasteiger partial charge in [-0.15, -0.1) is 0 Å². The molecule has 0 aliphatic carbocycles. The standard InChI is InChI=1S/C15H16N8O2/c1-6-10(12(24)22-14(16-6)18-8(3)20-22)5-11-7(2)17-15-19-9(4)21-23(15)13(11)25/h5H2,1-4H3,(H,16,18,20)(H,17,19,21). The van der Waals surface area contributed by atoms with Crippen molar-refractivity contribution in [2.24, 2.45) is 0 Å². The van der Waals surface area contributed by atoms with Crippen molar-refractivity contribution >= 4 is 11.6 Å². The highest BCUT2D eigenvalue weighted by molar-refractivity contribution is 5.37. The van der Waals surface area contributed by atoms with Crippen molar-refractivity contribution in [1.82, 2.24) is 39.2 Å². The van der Waals surface area contributed by atoms with E-state index < -0.39 is 0 Å². The fourth-order valence-electron chi connectivity index (χ4n) is 2.91. The van der Waals surface area contributed by atoms with Gasteiger partial charge in [0.2, 0.25) is 0 Å². The number of H-pyrrole nitrogens is 2. The largest absolute Gasteiger partial charge is 0.277 e. The van der Waals surface area contributed by atoms with Gasteiger partial charge in [-0.1, -0.05) is 0 Å². The highest BCUT2D eigenvalue weighted by Gasteiger charge is 2.18. The van der Waals surface area contributed by atoms with Gasteiger partial charge in [-0.2, -0.15) is 19.0 Å². The van der Waals surface area contributed by atoms with Crippen molar-refractivity contribution in [2.45, 2.75) is 34.1 Å². The topological polar surface area (TPSA) is 126 Å². The van der Waals surface area contributed by atoms with E-state index in [0.717, 1.165) is 0 Å². The average Bonchev–Trinajstić information content (AvgIpc) is 3.08. The molecular formula is C15H16N8O2. The van der Waals surface area contributed by atoms with Gasteiger partial charge in [0.1, 0.15) is 11.6 Å². The summed E-state index contributed by atoms with van der Waals surface area (Å²) in [5.74, 6) is 1.81. The molecule has 2 N–H and O–H groups in total. The molecule has 0 spiro atoms. The van der Waals surface area contributed by atoms with E-state index in [1.54, 1.807) is 27.7 Å². The third-order valence-corrected chi connectivity index (χ3v) is 4.17. The number of hydrogen-bond acceptors (Lipinski definition) is 6. The molecule has 4 aromatic rings. The van der Waals surface area contributed by atoms with Crippen LogP contribution in [0.1, 0.15) is 34.2 Å². The normalized spacial score (nSPS) is 11.7. The van der Waals surface area contributed by atoms with Gasteiger partial charge in [0.05, 0.1) is 11.4 Å². The molecule has 0 unspecified atom stereocenters. The lowest BCUT2D eigenvalue weighted by molar-refractivity contribution is 0.822. The molecule has 0 aromatic carbocycles. The first-order valence-electron chi connectivity index (χ1n) is 7.75. The number of aryl methyl sites for hydroxylation is 4. The summed E-state index contributed by atoms with van der Waals surface area (Å²) >= 11 is 0. The summed E-state index contributed by atoms with van der Waals surface area (Å²) in [5.41, 5.74) is 1.40. The SMILES string of the molecule is Cc1nc2nc(C)c(Cc3c(C)nc4nc(C)[nH]n4c3=O)c(=O)n2[nH]1. The Morgan fingerprint density at radius 3 is 1.52 bits per heavy atom. The minimum atomic E-state index is -0.271. The van der Waals surface area contributed by atoms with Crippen LogP contribution in [0.15, 0.2) is 9.59 Å². The molecule has 0 bridgehead atoms. The monoisotopic (exact) mass is 340 g/mol. The van der Waals surface area contributed by atoms with E-state index >= 15 is 0 Å². The molecule has 128 valence electrons. The van der Waals surface area contributed by atoms with Crippen LogP contribution in [0.25, 0.3) is 11.6 Å². The van der Waals surface area contributed by atoms with E-state index in [0.29, 0.717) is 45.7 Å². The lowest BCUT2D eigenvalue weighted by Gasteiger charge is -2.07. The predicted molar refractivity (Wildman–Crippen MR) is 89.0 cm³/mol. The number of nitrogens with zero attached hydrogens (tertiary/aromatic N) is 6. The van der Waals surface area contributed by atoms with Crippen molar-refractivity contribution in [1.29, 1.82) is 0 Å². The summed E-state index contributed by atoms with van der Waals surface area (Å²) in [7, 11) is 0. The molecule has 10 heteroatoms. The van der Waals surface area contributed by atoms with Crippen LogP contribution < -0.4 is 11.1 Å². The predicted octanol–water partition coefficient (Wildman–Crippen LogP) is -0.0269. The van der Waals surface area contributed by atoms with E-state index in [-0.39, 0.29) is 17.5 Å². The first-order valence-corrected chi connectivity index (χ1v) is 7.75. The quantitative estimate of drug-likeness (QED) is 0.528. The van der Waals surface area contributed by atoms with Gasteiger partial charge in [0.15, 0.2) is 0 Å². The van der Waals surface area contributed by atoms with Crippen LogP contribution >= 0.6 is 0 Å². The Hall–Kier alpha value is -3.30. The van der Waals surface area contributed by atoms with E-state index in [4.69, 9.17) is 0 Å². The number of fused-ring (bicyclic) bond motifs is 2. The van der Waals surface area contributed by atoms with Crippen LogP contribution in [0, 0.1) is 27.7 Å². The highest BCUT2D eigenvalue weighted by atomic mass is 16.1. The van der Waals surface area contributed by atoms with Gasteiger partial charge in [-0.05, 0) is 27.7 Å². The highest BCUT2D eigenvalue weighted by Crippen LogP contribution is 2.10. The lowest BCUT2D eigenvalue weighted by atomic mass is 10.1. The van der Waals surface area contributed by atoms with Crippen LogP contribution in [-0.2, 0) is 6.42 Å². The fourth-order valence-corrected chi connectivity index (χ4v) is 2.91. The molecular weight excluding hydrogens is 324 g/mol. The molecule has 0 fully saturated rings. The summed E-state index contributed by atoms with van der Waals surface area (Å²) in [6, 6.07) is 0.